The van der Waals surface area contributed by atoms with E-state index in [0.29, 0.717) is 5.92 Å². The van der Waals surface area contributed by atoms with Crippen molar-refractivity contribution in [3.8, 4) is 16.8 Å². The summed E-state index contributed by atoms with van der Waals surface area (Å²) >= 11 is 0. The van der Waals surface area contributed by atoms with Gasteiger partial charge in [0.05, 0.1) is 27.7 Å². The molecule has 0 N–H and O–H groups in total. The number of rotatable bonds is 4. The summed E-state index contributed by atoms with van der Waals surface area (Å²) in [4.78, 5) is 0. The van der Waals surface area contributed by atoms with Crippen LogP contribution in [0.15, 0.2) is 164 Å². The van der Waals surface area contributed by atoms with E-state index in [2.05, 4.69) is 196 Å². The fourth-order valence-corrected chi connectivity index (χ4v) is 11.1. The van der Waals surface area contributed by atoms with Gasteiger partial charge in [-0.15, -0.1) is 0 Å². The molecule has 0 bridgehead atoms. The first-order valence-corrected chi connectivity index (χ1v) is 19.6. The second-order valence-electron chi connectivity index (χ2n) is 17.1. The van der Waals surface area contributed by atoms with Gasteiger partial charge in [-0.05, 0) is 107 Å². The first-order chi connectivity index (χ1) is 26.8. The molecule has 0 radical (unpaired) electrons. The molecule has 3 aliphatic carbocycles. The van der Waals surface area contributed by atoms with Crippen LogP contribution < -0.4 is 5.46 Å². The summed E-state index contributed by atoms with van der Waals surface area (Å²) in [7, 11) is -0.428. The molecule has 55 heavy (non-hydrogen) atoms. The van der Waals surface area contributed by atoms with E-state index in [4.69, 9.17) is 9.31 Å². The van der Waals surface area contributed by atoms with E-state index in [1.165, 1.54) is 66.4 Å². The van der Waals surface area contributed by atoms with Gasteiger partial charge in [0.25, 0.3) is 0 Å². The molecule has 1 aromatic heterocycles. The van der Waals surface area contributed by atoms with Gasteiger partial charge >= 0.3 is 7.12 Å². The van der Waals surface area contributed by atoms with E-state index in [0.717, 1.165) is 16.7 Å². The Balaban J connectivity index is 1.01. The number of aromatic nitrogens is 1. The number of para-hydroxylation sites is 1. The van der Waals surface area contributed by atoms with E-state index in [-0.39, 0.29) is 10.8 Å². The van der Waals surface area contributed by atoms with Crippen LogP contribution in [0.5, 0.6) is 0 Å². The summed E-state index contributed by atoms with van der Waals surface area (Å²) in [6.45, 7) is 8.44. The Morgan fingerprint density at radius 3 is 1.75 bits per heavy atom. The molecule has 4 aliphatic rings. The van der Waals surface area contributed by atoms with Crippen molar-refractivity contribution < 1.29 is 9.31 Å². The van der Waals surface area contributed by atoms with Gasteiger partial charge in [-0.25, -0.2) is 0 Å². The zero-order valence-corrected chi connectivity index (χ0v) is 31.5. The lowest BCUT2D eigenvalue weighted by atomic mass is 9.35. The lowest BCUT2D eigenvalue weighted by Gasteiger charge is -2.65. The maximum atomic E-state index is 6.50. The van der Waals surface area contributed by atoms with E-state index in [1.807, 2.05) is 0 Å². The first kappa shape index (κ1) is 31.7. The minimum atomic E-state index is -0.428. The summed E-state index contributed by atoms with van der Waals surface area (Å²) in [6.07, 6.45) is 0. The van der Waals surface area contributed by atoms with Crippen molar-refractivity contribution in [3.63, 3.8) is 0 Å². The van der Waals surface area contributed by atoms with Crippen LogP contribution in [-0.4, -0.2) is 22.9 Å². The molecule has 3 nitrogen and oxygen atoms in total. The summed E-state index contributed by atoms with van der Waals surface area (Å²) < 4.78 is 15.4. The van der Waals surface area contributed by atoms with Gasteiger partial charge in [0.1, 0.15) is 0 Å². The van der Waals surface area contributed by atoms with E-state index >= 15 is 0 Å². The molecule has 12 rings (SSSR count). The van der Waals surface area contributed by atoms with Crippen molar-refractivity contribution in [3.05, 3.63) is 203 Å². The summed E-state index contributed by atoms with van der Waals surface area (Å²) in [5, 5.41) is 2.44. The highest BCUT2D eigenvalue weighted by Crippen LogP contribution is 2.81. The van der Waals surface area contributed by atoms with Crippen LogP contribution in [0, 0.1) is 0 Å². The number of benzene rings is 7. The molecule has 1 aliphatic heterocycles. The van der Waals surface area contributed by atoms with E-state index in [9.17, 15) is 0 Å². The molecular formula is C51H40BNO2. The van der Waals surface area contributed by atoms with Crippen molar-refractivity contribution in [1.29, 1.82) is 0 Å². The Morgan fingerprint density at radius 1 is 0.491 bits per heavy atom. The van der Waals surface area contributed by atoms with Crippen LogP contribution in [0.2, 0.25) is 0 Å². The van der Waals surface area contributed by atoms with Crippen molar-refractivity contribution in [2.75, 3.05) is 0 Å². The van der Waals surface area contributed by atoms with Crippen LogP contribution in [0.1, 0.15) is 72.6 Å². The highest BCUT2D eigenvalue weighted by molar-refractivity contribution is 6.62. The molecule has 1 fully saturated rings. The van der Waals surface area contributed by atoms with Gasteiger partial charge < -0.3 is 13.9 Å². The average Bonchev–Trinajstić information content (AvgIpc) is 3.71. The number of fused-ring (bicyclic) bond motifs is 10. The van der Waals surface area contributed by atoms with Crippen molar-refractivity contribution in [2.24, 2.45) is 0 Å². The Labute approximate surface area is 322 Å². The molecule has 3 unspecified atom stereocenters. The third kappa shape index (κ3) is 3.70. The molecule has 264 valence electrons. The SMILES string of the molecule is CC1(C)OB(c2ccc3c4ccc(-c5ccc(C67c8ccccc8C8c9ccccc9C86c6ccccc67)cc5)cc4n(-c4ccccc4)c3c2)OC1(C)C. The van der Waals surface area contributed by atoms with Crippen molar-refractivity contribution >= 4 is 34.4 Å². The summed E-state index contributed by atoms with van der Waals surface area (Å²) in [6, 6.07) is 61.5. The zero-order chi connectivity index (χ0) is 36.9. The third-order valence-corrected chi connectivity index (χ3v) is 14.1. The van der Waals surface area contributed by atoms with E-state index in [1.54, 1.807) is 0 Å². The Kier molecular flexibility index (Phi) is 6.07. The minimum Gasteiger partial charge on any atom is -0.399 e. The van der Waals surface area contributed by atoms with Gasteiger partial charge in [0, 0.05) is 27.8 Å². The molecular weight excluding hydrogens is 669 g/mol. The normalized spacial score (nSPS) is 23.3. The number of hydrogen-bond donors (Lipinski definition) is 0. The van der Waals surface area contributed by atoms with Crippen LogP contribution in [-0.2, 0) is 20.1 Å². The standard InChI is InChI=1S/C51H40BNO2/c1-48(2)49(3,4)55-52(54-48)35-27-29-38-37-28-24-33(30-45(37)53(46(38)31-35)36-14-6-5-7-15-36)32-22-25-34(26-23-32)50-41-18-10-8-16-39(41)47-40-17-9-11-19-42(40)51(47,50)44-21-13-12-20-43(44)50/h5-31,47H,1-4H3. The summed E-state index contributed by atoms with van der Waals surface area (Å²) in [5.41, 5.74) is 16.0. The second-order valence-corrected chi connectivity index (χ2v) is 17.1. The van der Waals surface area contributed by atoms with Crippen LogP contribution >= 0.6 is 0 Å². The first-order valence-electron chi connectivity index (χ1n) is 19.6. The lowest BCUT2D eigenvalue weighted by molar-refractivity contribution is 0.00578. The van der Waals surface area contributed by atoms with Crippen molar-refractivity contribution in [2.45, 2.75) is 55.6 Å². The fourth-order valence-electron chi connectivity index (χ4n) is 11.1. The topological polar surface area (TPSA) is 23.4 Å². The number of nitrogens with zero attached hydrogens (tertiary/aromatic N) is 1. The van der Waals surface area contributed by atoms with E-state index < -0.39 is 18.3 Å². The van der Waals surface area contributed by atoms with Crippen LogP contribution in [0.25, 0.3) is 38.6 Å². The monoisotopic (exact) mass is 709 g/mol. The lowest BCUT2D eigenvalue weighted by Crippen LogP contribution is -2.63. The number of hydrogen-bond acceptors (Lipinski definition) is 2. The molecule has 8 aromatic rings. The van der Waals surface area contributed by atoms with Crippen LogP contribution in [0.3, 0.4) is 0 Å². The van der Waals surface area contributed by atoms with Crippen LogP contribution in [0.4, 0.5) is 0 Å². The molecule has 2 heterocycles. The zero-order valence-electron chi connectivity index (χ0n) is 31.5. The molecule has 1 saturated heterocycles. The Hall–Kier alpha value is -5.68. The van der Waals surface area contributed by atoms with Gasteiger partial charge in [0.2, 0.25) is 0 Å². The minimum absolute atomic E-state index is 0.0835. The highest BCUT2D eigenvalue weighted by atomic mass is 16.7. The average molecular weight is 710 g/mol. The summed E-state index contributed by atoms with van der Waals surface area (Å²) in [5.74, 6) is 0.363. The molecule has 0 saturated carbocycles. The molecule has 1 spiro atoms. The highest BCUT2D eigenvalue weighted by Gasteiger charge is 2.77. The predicted octanol–water partition coefficient (Wildman–Crippen LogP) is 10.8. The van der Waals surface area contributed by atoms with Gasteiger partial charge in [-0.2, -0.15) is 0 Å². The molecule has 4 heteroatoms. The van der Waals surface area contributed by atoms with Gasteiger partial charge in [-0.3, -0.25) is 0 Å². The van der Waals surface area contributed by atoms with Gasteiger partial charge in [-0.1, -0.05) is 140 Å². The Bertz CT molecular complexity index is 2880. The van der Waals surface area contributed by atoms with Crippen molar-refractivity contribution in [1.82, 2.24) is 4.57 Å². The smallest absolute Gasteiger partial charge is 0.399 e. The second kappa shape index (κ2) is 10.5. The molecule has 7 aromatic carbocycles. The molecule has 3 atom stereocenters. The predicted molar refractivity (Wildman–Crippen MR) is 224 cm³/mol. The maximum Gasteiger partial charge on any atom is 0.494 e. The fraction of sp³-hybridized carbons (Fsp3) is 0.176. The van der Waals surface area contributed by atoms with Gasteiger partial charge in [0.15, 0.2) is 0 Å². The molecule has 0 amide bonds. The largest absolute Gasteiger partial charge is 0.494 e. The third-order valence-electron chi connectivity index (χ3n) is 14.1. The maximum absolute atomic E-state index is 6.50. The Morgan fingerprint density at radius 2 is 1.04 bits per heavy atom. The quantitative estimate of drug-likeness (QED) is 0.170.